The van der Waals surface area contributed by atoms with Gasteiger partial charge in [-0.3, -0.25) is 4.79 Å². The van der Waals surface area contributed by atoms with Gasteiger partial charge < -0.3 is 29.9 Å². The summed E-state index contributed by atoms with van der Waals surface area (Å²) in [5, 5.41) is 6.94. The van der Waals surface area contributed by atoms with Crippen LogP contribution in [0.3, 0.4) is 0 Å². The van der Waals surface area contributed by atoms with E-state index in [1.165, 1.54) is 5.56 Å². The van der Waals surface area contributed by atoms with Crippen molar-refractivity contribution in [3.63, 3.8) is 0 Å². The molecule has 1 fully saturated rings. The predicted molar refractivity (Wildman–Crippen MR) is 145 cm³/mol. The molecule has 0 aliphatic carbocycles. The fourth-order valence-electron chi connectivity index (χ4n) is 3.47. The molecule has 33 heavy (non-hydrogen) atoms. The lowest BCUT2D eigenvalue weighted by Gasteiger charge is -2.33. The predicted octanol–water partition coefficient (Wildman–Crippen LogP) is 2.37. The van der Waals surface area contributed by atoms with E-state index in [2.05, 4.69) is 46.5 Å². The minimum absolute atomic E-state index is 0. The number of methoxy groups -OCH3 is 1. The molecule has 0 bridgehead atoms. The van der Waals surface area contributed by atoms with Crippen LogP contribution in [0.2, 0.25) is 0 Å². The van der Waals surface area contributed by atoms with Gasteiger partial charge in [0.1, 0.15) is 12.3 Å². The van der Waals surface area contributed by atoms with Crippen LogP contribution in [0.25, 0.3) is 0 Å². The van der Waals surface area contributed by atoms with E-state index in [1.807, 2.05) is 12.1 Å². The Hall–Kier alpha value is -1.59. The third-order valence-corrected chi connectivity index (χ3v) is 5.52. The van der Waals surface area contributed by atoms with Crippen LogP contribution in [-0.2, 0) is 16.0 Å². The molecular formula is C24H42IN5O3. The fraction of sp³-hybridized carbons (Fsp3) is 0.667. The second-order valence-electron chi connectivity index (χ2n) is 8.66. The van der Waals surface area contributed by atoms with Crippen molar-refractivity contribution in [2.24, 2.45) is 4.99 Å². The minimum Gasteiger partial charge on any atom is -0.497 e. The zero-order valence-corrected chi connectivity index (χ0v) is 23.1. The van der Waals surface area contributed by atoms with Crippen LogP contribution >= 0.6 is 24.0 Å². The lowest BCUT2D eigenvalue weighted by atomic mass is 10.1. The van der Waals surface area contributed by atoms with Gasteiger partial charge in [-0.1, -0.05) is 12.1 Å². The monoisotopic (exact) mass is 575 g/mol. The van der Waals surface area contributed by atoms with E-state index in [0.29, 0.717) is 12.0 Å². The smallest absolute Gasteiger partial charge is 0.243 e. The first-order valence-electron chi connectivity index (χ1n) is 11.6. The number of hydrogen-bond donors (Lipinski definition) is 2. The van der Waals surface area contributed by atoms with Crippen molar-refractivity contribution in [3.8, 4) is 5.75 Å². The largest absolute Gasteiger partial charge is 0.497 e. The molecule has 1 heterocycles. The van der Waals surface area contributed by atoms with Gasteiger partial charge in [0.2, 0.25) is 5.91 Å². The van der Waals surface area contributed by atoms with E-state index in [4.69, 9.17) is 9.47 Å². The molecule has 1 aliphatic rings. The van der Waals surface area contributed by atoms with Gasteiger partial charge >= 0.3 is 0 Å². The van der Waals surface area contributed by atoms with E-state index >= 15 is 0 Å². The third-order valence-electron chi connectivity index (χ3n) is 5.52. The topological polar surface area (TPSA) is 78.4 Å². The number of benzene rings is 1. The van der Waals surface area contributed by atoms with Crippen LogP contribution < -0.4 is 15.4 Å². The van der Waals surface area contributed by atoms with E-state index < -0.39 is 0 Å². The van der Waals surface area contributed by atoms with Crippen LogP contribution in [0, 0.1) is 0 Å². The number of carbonyl (C=O) groups excluding carboxylic acids is 1. The summed E-state index contributed by atoms with van der Waals surface area (Å²) < 4.78 is 10.9. The van der Waals surface area contributed by atoms with Gasteiger partial charge in [0.25, 0.3) is 0 Å². The summed E-state index contributed by atoms with van der Waals surface area (Å²) in [5.41, 5.74) is 1.22. The highest BCUT2D eigenvalue weighted by Crippen LogP contribution is 2.12. The SMILES string of the molecule is COc1ccc(CCNC(=NCC(=O)N(C)C)NC2CCN(CCOC(C)C)CC2)cc1.I. The van der Waals surface area contributed by atoms with E-state index in [0.717, 1.165) is 57.8 Å². The number of guanidine groups is 1. The molecule has 1 amide bonds. The molecule has 1 aromatic rings. The normalized spacial score (nSPS) is 15.2. The quantitative estimate of drug-likeness (QED) is 0.240. The van der Waals surface area contributed by atoms with Crippen molar-refractivity contribution in [1.29, 1.82) is 0 Å². The number of nitrogens with zero attached hydrogens (tertiary/aromatic N) is 3. The Balaban J connectivity index is 0.00000544. The van der Waals surface area contributed by atoms with Crippen molar-refractivity contribution in [3.05, 3.63) is 29.8 Å². The van der Waals surface area contributed by atoms with Gasteiger partial charge in [-0.05, 0) is 50.8 Å². The van der Waals surface area contributed by atoms with Gasteiger partial charge in [-0.25, -0.2) is 4.99 Å². The molecule has 0 spiro atoms. The van der Waals surface area contributed by atoms with Crippen molar-refractivity contribution in [1.82, 2.24) is 20.4 Å². The van der Waals surface area contributed by atoms with Gasteiger partial charge in [0.15, 0.2) is 5.96 Å². The Kier molecular flexibility index (Phi) is 14.4. The molecule has 1 aromatic carbocycles. The molecule has 2 N–H and O–H groups in total. The Bertz CT molecular complexity index is 705. The number of aliphatic imine (C=N–C) groups is 1. The number of amides is 1. The maximum absolute atomic E-state index is 12.0. The summed E-state index contributed by atoms with van der Waals surface area (Å²) in [6.07, 6.45) is 3.23. The maximum atomic E-state index is 12.0. The van der Waals surface area contributed by atoms with Crippen LogP contribution in [0.4, 0.5) is 0 Å². The van der Waals surface area contributed by atoms with Crippen LogP contribution in [0.1, 0.15) is 32.3 Å². The van der Waals surface area contributed by atoms with Crippen molar-refractivity contribution < 1.29 is 14.3 Å². The van der Waals surface area contributed by atoms with Crippen molar-refractivity contribution in [2.75, 3.05) is 60.5 Å². The first kappa shape index (κ1) is 29.4. The number of hydrogen-bond acceptors (Lipinski definition) is 5. The van der Waals surface area contributed by atoms with Crippen LogP contribution in [0.15, 0.2) is 29.3 Å². The molecule has 0 radical (unpaired) electrons. The summed E-state index contributed by atoms with van der Waals surface area (Å²) in [6, 6.07) is 8.42. The Morgan fingerprint density at radius 2 is 1.88 bits per heavy atom. The average molecular weight is 576 g/mol. The molecule has 1 aliphatic heterocycles. The van der Waals surface area contributed by atoms with E-state index in [9.17, 15) is 4.79 Å². The van der Waals surface area contributed by atoms with E-state index in [-0.39, 0.29) is 42.5 Å². The minimum atomic E-state index is -0.0128. The molecule has 188 valence electrons. The van der Waals surface area contributed by atoms with Crippen LogP contribution in [-0.4, -0.2) is 94.3 Å². The highest BCUT2D eigenvalue weighted by atomic mass is 127. The average Bonchev–Trinajstić information content (AvgIpc) is 2.78. The van der Waals surface area contributed by atoms with Crippen molar-refractivity contribution >= 4 is 35.8 Å². The molecule has 9 heteroatoms. The number of piperidine rings is 1. The van der Waals surface area contributed by atoms with Crippen LogP contribution in [0.5, 0.6) is 5.75 Å². The molecule has 2 rings (SSSR count). The second kappa shape index (κ2) is 16.1. The number of ether oxygens (including phenoxy) is 2. The lowest BCUT2D eigenvalue weighted by Crippen LogP contribution is -2.49. The first-order chi connectivity index (χ1) is 15.4. The summed E-state index contributed by atoms with van der Waals surface area (Å²) in [5.74, 6) is 1.55. The number of likely N-dealkylation sites (N-methyl/N-ethyl adjacent to an activating group) is 1. The third kappa shape index (κ3) is 11.9. The molecule has 0 unspecified atom stereocenters. The van der Waals surface area contributed by atoms with Gasteiger partial charge in [-0.2, -0.15) is 0 Å². The van der Waals surface area contributed by atoms with Gasteiger partial charge in [0.05, 0.1) is 19.8 Å². The Morgan fingerprint density at radius 3 is 2.45 bits per heavy atom. The summed E-state index contributed by atoms with van der Waals surface area (Å²) in [4.78, 5) is 20.6. The number of halogens is 1. The molecule has 8 nitrogen and oxygen atoms in total. The second-order valence-corrected chi connectivity index (χ2v) is 8.66. The molecule has 1 saturated heterocycles. The first-order valence-corrected chi connectivity index (χ1v) is 11.6. The molecular weight excluding hydrogens is 533 g/mol. The number of likely N-dealkylation sites (tertiary alicyclic amines) is 1. The molecule has 0 saturated carbocycles. The lowest BCUT2D eigenvalue weighted by molar-refractivity contribution is -0.127. The number of rotatable bonds is 11. The Labute approximate surface area is 216 Å². The number of carbonyl (C=O) groups is 1. The van der Waals surface area contributed by atoms with E-state index in [1.54, 1.807) is 26.1 Å². The Morgan fingerprint density at radius 1 is 1.21 bits per heavy atom. The summed E-state index contributed by atoms with van der Waals surface area (Å²) in [6.45, 7) is 8.84. The highest BCUT2D eigenvalue weighted by Gasteiger charge is 2.20. The van der Waals surface area contributed by atoms with Crippen molar-refractivity contribution in [2.45, 2.75) is 45.3 Å². The highest BCUT2D eigenvalue weighted by molar-refractivity contribution is 14.0. The fourth-order valence-corrected chi connectivity index (χ4v) is 3.47. The number of nitrogens with one attached hydrogen (secondary N) is 2. The van der Waals surface area contributed by atoms with Gasteiger partial charge in [-0.15, -0.1) is 24.0 Å². The zero-order valence-electron chi connectivity index (χ0n) is 20.8. The summed E-state index contributed by atoms with van der Waals surface area (Å²) in [7, 11) is 5.17. The molecule has 0 aromatic heterocycles. The summed E-state index contributed by atoms with van der Waals surface area (Å²) >= 11 is 0. The molecule has 0 atom stereocenters. The zero-order chi connectivity index (χ0) is 23.3. The maximum Gasteiger partial charge on any atom is 0.243 e. The van der Waals surface area contributed by atoms with Gasteiger partial charge in [0, 0.05) is 46.3 Å². The standard InChI is InChI=1S/C24H41N5O3.HI/c1-19(2)32-17-16-29-14-11-21(12-15-29)27-24(26-18-23(30)28(3)4)25-13-10-20-6-8-22(31-5)9-7-20;/h6-9,19,21H,10-18H2,1-5H3,(H2,25,26,27);1H.